The van der Waals surface area contributed by atoms with Gasteiger partial charge < -0.3 is 10.1 Å². The first kappa shape index (κ1) is 13.8. The van der Waals surface area contributed by atoms with Gasteiger partial charge in [0.1, 0.15) is 0 Å². The molecule has 2 nitrogen and oxygen atoms in total. The van der Waals surface area contributed by atoms with Crippen molar-refractivity contribution in [1.82, 2.24) is 5.32 Å². The highest BCUT2D eigenvalue weighted by Gasteiger charge is 2.08. The lowest BCUT2D eigenvalue weighted by atomic mass is 10.0. The van der Waals surface area contributed by atoms with Crippen molar-refractivity contribution in [2.75, 3.05) is 13.2 Å². The van der Waals surface area contributed by atoms with Crippen LogP contribution in [0.5, 0.6) is 0 Å². The molecule has 0 spiro atoms. The number of benzene rings is 1. The fraction of sp³-hybridized carbons (Fsp3) is 0.467. The second kappa shape index (κ2) is 8.82. The van der Waals surface area contributed by atoms with Crippen LogP contribution in [0.2, 0.25) is 0 Å². The van der Waals surface area contributed by atoms with E-state index in [1.165, 1.54) is 24.7 Å². The van der Waals surface area contributed by atoms with E-state index in [-0.39, 0.29) is 0 Å². The summed E-state index contributed by atoms with van der Waals surface area (Å²) >= 11 is 0. The van der Waals surface area contributed by atoms with Crippen molar-refractivity contribution in [2.24, 2.45) is 0 Å². The van der Waals surface area contributed by atoms with E-state index >= 15 is 0 Å². The maximum Gasteiger partial charge on any atom is 0.0885 e. The molecular weight excluding hydrogens is 210 g/mol. The lowest BCUT2D eigenvalue weighted by Gasteiger charge is -2.18. The Morgan fingerprint density at radius 1 is 1.35 bits per heavy atom. The molecule has 1 aromatic rings. The quantitative estimate of drug-likeness (QED) is 0.519. The average molecular weight is 233 g/mol. The molecule has 0 fully saturated rings. The smallest absolute Gasteiger partial charge is 0.0885 e. The summed E-state index contributed by atoms with van der Waals surface area (Å²) in [4.78, 5) is 0. The van der Waals surface area contributed by atoms with Gasteiger partial charge in [-0.2, -0.15) is 0 Å². The van der Waals surface area contributed by atoms with Gasteiger partial charge in [0.05, 0.1) is 12.9 Å². The molecule has 0 saturated carbocycles. The molecule has 0 heterocycles. The van der Waals surface area contributed by atoms with Gasteiger partial charge in [-0.15, -0.1) is 0 Å². The Balaban J connectivity index is 2.36. The molecule has 0 radical (unpaired) electrons. The van der Waals surface area contributed by atoms with Crippen molar-refractivity contribution in [3.8, 4) is 0 Å². The molecule has 0 saturated heterocycles. The summed E-state index contributed by atoms with van der Waals surface area (Å²) in [5.41, 5.74) is 1.37. The maximum atomic E-state index is 5.10. The Hall–Kier alpha value is -1.28. The van der Waals surface area contributed by atoms with Gasteiger partial charge in [-0.3, -0.25) is 0 Å². The molecule has 0 aliphatic heterocycles. The van der Waals surface area contributed by atoms with Crippen LogP contribution in [0, 0.1) is 0 Å². The lowest BCUT2D eigenvalue weighted by Crippen LogP contribution is -2.23. The summed E-state index contributed by atoms with van der Waals surface area (Å²) in [5, 5.41) is 3.58. The summed E-state index contributed by atoms with van der Waals surface area (Å²) in [7, 11) is 0. The highest BCUT2D eigenvalue weighted by atomic mass is 16.5. The third-order valence-corrected chi connectivity index (χ3v) is 2.73. The number of nitrogens with one attached hydrogen (secondary N) is 1. The van der Waals surface area contributed by atoms with Gasteiger partial charge in [0.15, 0.2) is 0 Å². The molecule has 1 atom stereocenters. The highest BCUT2D eigenvalue weighted by molar-refractivity contribution is 5.18. The van der Waals surface area contributed by atoms with Crippen LogP contribution in [-0.2, 0) is 4.74 Å². The van der Waals surface area contributed by atoms with Gasteiger partial charge in [0, 0.05) is 6.04 Å². The first-order valence-corrected chi connectivity index (χ1v) is 6.39. The molecule has 17 heavy (non-hydrogen) atoms. The largest absolute Gasteiger partial charge is 0.502 e. The van der Waals surface area contributed by atoms with Crippen LogP contribution in [0.25, 0.3) is 0 Å². The van der Waals surface area contributed by atoms with E-state index in [4.69, 9.17) is 4.74 Å². The van der Waals surface area contributed by atoms with Gasteiger partial charge in [-0.25, -0.2) is 0 Å². The van der Waals surface area contributed by atoms with Crippen LogP contribution in [0.4, 0.5) is 0 Å². The van der Waals surface area contributed by atoms with Gasteiger partial charge >= 0.3 is 0 Å². The molecule has 0 aromatic heterocycles. The number of rotatable bonds is 9. The highest BCUT2D eigenvalue weighted by Crippen LogP contribution is 2.17. The van der Waals surface area contributed by atoms with E-state index in [1.54, 1.807) is 0 Å². The summed E-state index contributed by atoms with van der Waals surface area (Å²) in [6.45, 7) is 7.47. The van der Waals surface area contributed by atoms with Gasteiger partial charge in [-0.1, -0.05) is 50.3 Å². The minimum absolute atomic E-state index is 0.463. The van der Waals surface area contributed by atoms with Crippen LogP contribution < -0.4 is 5.32 Å². The van der Waals surface area contributed by atoms with Crippen LogP contribution in [-0.4, -0.2) is 13.2 Å². The van der Waals surface area contributed by atoms with Crippen molar-refractivity contribution >= 4 is 0 Å². The Kier molecular flexibility index (Phi) is 7.15. The van der Waals surface area contributed by atoms with E-state index in [9.17, 15) is 0 Å². The summed E-state index contributed by atoms with van der Waals surface area (Å²) < 4.78 is 5.10. The second-order valence-corrected chi connectivity index (χ2v) is 4.10. The van der Waals surface area contributed by atoms with Crippen molar-refractivity contribution in [3.63, 3.8) is 0 Å². The van der Waals surface area contributed by atoms with Gasteiger partial charge in [0.25, 0.3) is 0 Å². The molecule has 0 aliphatic rings. The van der Waals surface area contributed by atoms with E-state index in [0.717, 1.165) is 19.6 Å². The molecule has 1 unspecified atom stereocenters. The lowest BCUT2D eigenvalue weighted by molar-refractivity contribution is 0.242. The molecule has 0 bridgehead atoms. The van der Waals surface area contributed by atoms with Crippen molar-refractivity contribution in [3.05, 3.63) is 48.7 Å². The van der Waals surface area contributed by atoms with Crippen molar-refractivity contribution in [1.29, 1.82) is 0 Å². The van der Waals surface area contributed by atoms with Gasteiger partial charge in [-0.05, 0) is 24.9 Å². The first-order chi connectivity index (χ1) is 8.38. The summed E-state index contributed by atoms with van der Waals surface area (Å²) in [6, 6.07) is 11.1. The fourth-order valence-corrected chi connectivity index (χ4v) is 1.88. The van der Waals surface area contributed by atoms with Crippen molar-refractivity contribution in [2.45, 2.75) is 32.2 Å². The van der Waals surface area contributed by atoms with Crippen LogP contribution in [0.1, 0.15) is 37.8 Å². The topological polar surface area (TPSA) is 21.3 Å². The molecular formula is C15H23NO. The maximum absolute atomic E-state index is 5.10. The zero-order valence-corrected chi connectivity index (χ0v) is 10.7. The normalized spacial score (nSPS) is 12.1. The van der Waals surface area contributed by atoms with E-state index in [0.29, 0.717) is 6.04 Å². The number of hydrogen-bond acceptors (Lipinski definition) is 2. The predicted octanol–water partition coefficient (Wildman–Crippen LogP) is 3.67. The Morgan fingerprint density at radius 3 is 2.76 bits per heavy atom. The van der Waals surface area contributed by atoms with Crippen LogP contribution >= 0.6 is 0 Å². The predicted molar refractivity (Wildman–Crippen MR) is 72.9 cm³/mol. The minimum Gasteiger partial charge on any atom is -0.502 e. The number of ether oxygens (including phenoxy) is 1. The Morgan fingerprint density at radius 2 is 2.12 bits per heavy atom. The third-order valence-electron chi connectivity index (χ3n) is 2.73. The fourth-order valence-electron chi connectivity index (χ4n) is 1.88. The van der Waals surface area contributed by atoms with Crippen LogP contribution in [0.3, 0.4) is 0 Å². The zero-order chi connectivity index (χ0) is 12.3. The standard InChI is InChI=1S/C15H23NO/c1-3-9-15(14-10-6-5-7-11-14)16-12-8-13-17-4-2/h4-7,10-11,15-16H,2-3,8-9,12-13H2,1H3. The SMILES string of the molecule is C=COCCCNC(CCC)c1ccccc1. The van der Waals surface area contributed by atoms with Crippen molar-refractivity contribution < 1.29 is 4.74 Å². The molecule has 1 N–H and O–H groups in total. The Bertz CT molecular complexity index is 297. The van der Waals surface area contributed by atoms with Gasteiger partial charge in [0.2, 0.25) is 0 Å². The average Bonchev–Trinajstić information content (AvgIpc) is 2.38. The number of hydrogen-bond donors (Lipinski definition) is 1. The molecule has 94 valence electrons. The summed E-state index contributed by atoms with van der Waals surface area (Å²) in [6.07, 6.45) is 4.88. The first-order valence-electron chi connectivity index (χ1n) is 6.39. The molecule has 2 heteroatoms. The van der Waals surface area contributed by atoms with E-state index in [2.05, 4.69) is 49.2 Å². The minimum atomic E-state index is 0.463. The molecule has 0 amide bonds. The Labute approximate surface area is 105 Å². The van der Waals surface area contributed by atoms with Crippen LogP contribution in [0.15, 0.2) is 43.2 Å². The van der Waals surface area contributed by atoms with E-state index < -0.39 is 0 Å². The third kappa shape index (κ3) is 5.55. The molecule has 1 aromatic carbocycles. The summed E-state index contributed by atoms with van der Waals surface area (Å²) in [5.74, 6) is 0. The second-order valence-electron chi connectivity index (χ2n) is 4.10. The van der Waals surface area contributed by atoms with E-state index in [1.807, 2.05) is 0 Å². The zero-order valence-electron chi connectivity index (χ0n) is 10.7. The molecule has 1 rings (SSSR count). The monoisotopic (exact) mass is 233 g/mol. The molecule has 0 aliphatic carbocycles.